The van der Waals surface area contributed by atoms with E-state index in [1.54, 1.807) is 0 Å². The van der Waals surface area contributed by atoms with Gasteiger partial charge in [0.05, 0.1) is 13.2 Å². The smallest absolute Gasteiger partial charge is 0.324 e. The van der Waals surface area contributed by atoms with Crippen LogP contribution >= 0.6 is 15.4 Å². The summed E-state index contributed by atoms with van der Waals surface area (Å²) < 4.78 is 32.1. The lowest BCUT2D eigenvalue weighted by Gasteiger charge is -2.36. The fourth-order valence-corrected chi connectivity index (χ4v) is 3.53. The highest BCUT2D eigenvalue weighted by atomic mass is 31.2. The first-order valence-corrected chi connectivity index (χ1v) is 10.4. The van der Waals surface area contributed by atoms with Crippen LogP contribution in [-0.2, 0) is 18.2 Å². The molecule has 0 rings (SSSR count). The third-order valence-corrected chi connectivity index (χ3v) is 3.91. The molecule has 0 bridgehead atoms. The van der Waals surface area contributed by atoms with E-state index in [-0.39, 0.29) is 25.0 Å². The molecule has 0 aromatic rings. The summed E-state index contributed by atoms with van der Waals surface area (Å²) in [6, 6.07) is 0. The Morgan fingerprint density at radius 3 is 1.57 bits per heavy atom. The van der Waals surface area contributed by atoms with Crippen LogP contribution in [0.25, 0.3) is 0 Å². The lowest BCUT2D eigenvalue weighted by Crippen LogP contribution is -2.35. The third-order valence-electron chi connectivity index (χ3n) is 2.83. The molecular weight excluding hydrogens is 318 g/mol. The predicted octanol–water partition coefficient (Wildman–Crippen LogP) is 3.01. The monoisotopic (exact) mass is 346 g/mol. The number of rotatable bonds is 10. The minimum Gasteiger partial charge on any atom is -0.324 e. The summed E-state index contributed by atoms with van der Waals surface area (Å²) in [6.07, 6.45) is 1.15. The van der Waals surface area contributed by atoms with Crippen molar-refractivity contribution in [3.8, 4) is 0 Å². The van der Waals surface area contributed by atoms with Gasteiger partial charge in [0.2, 0.25) is 0 Å². The van der Waals surface area contributed by atoms with Gasteiger partial charge in [-0.3, -0.25) is 9.09 Å². The van der Waals surface area contributed by atoms with Crippen molar-refractivity contribution in [2.45, 2.75) is 40.5 Å². The Morgan fingerprint density at radius 2 is 1.29 bits per heavy atom. The molecule has 7 nitrogen and oxygen atoms in total. The molecule has 0 saturated carbocycles. The molecular formula is C12H28O7P2. The van der Waals surface area contributed by atoms with Crippen LogP contribution < -0.4 is 0 Å². The Bertz CT molecular complexity index is 358. The van der Waals surface area contributed by atoms with E-state index >= 15 is 0 Å². The molecule has 128 valence electrons. The fourth-order valence-electron chi connectivity index (χ4n) is 2.57. The van der Waals surface area contributed by atoms with Gasteiger partial charge in [0.15, 0.2) is 0 Å². The highest BCUT2D eigenvalue weighted by Gasteiger charge is 2.36. The van der Waals surface area contributed by atoms with Crippen LogP contribution in [0.4, 0.5) is 0 Å². The second kappa shape index (κ2) is 8.21. The fraction of sp³-hybridized carbons (Fsp3) is 1.00. The van der Waals surface area contributed by atoms with E-state index in [1.807, 2.05) is 27.7 Å². The summed E-state index contributed by atoms with van der Waals surface area (Å²) >= 11 is 0. The van der Waals surface area contributed by atoms with Crippen LogP contribution in [0, 0.1) is 17.3 Å². The zero-order valence-electron chi connectivity index (χ0n) is 13.4. The zero-order valence-corrected chi connectivity index (χ0v) is 15.1. The first kappa shape index (κ1) is 21.3. The Hall–Kier alpha value is 0.260. The third kappa shape index (κ3) is 11.5. The second-order valence-electron chi connectivity index (χ2n) is 6.54. The van der Waals surface area contributed by atoms with E-state index in [0.717, 1.165) is 6.66 Å². The summed E-state index contributed by atoms with van der Waals surface area (Å²) in [6.45, 7) is 8.68. The summed E-state index contributed by atoms with van der Waals surface area (Å²) in [5.41, 5.74) is -0.710. The van der Waals surface area contributed by atoms with Crippen LogP contribution in [0.1, 0.15) is 40.5 Å². The molecule has 21 heavy (non-hydrogen) atoms. The van der Waals surface area contributed by atoms with Crippen LogP contribution in [-0.4, -0.2) is 34.6 Å². The van der Waals surface area contributed by atoms with Crippen molar-refractivity contribution in [3.05, 3.63) is 0 Å². The average molecular weight is 346 g/mol. The van der Waals surface area contributed by atoms with Crippen molar-refractivity contribution in [3.63, 3.8) is 0 Å². The zero-order chi connectivity index (χ0) is 16.9. The summed E-state index contributed by atoms with van der Waals surface area (Å²) in [5.74, 6) is 0.449. The maximum Gasteiger partial charge on any atom is 0.469 e. The molecule has 3 N–H and O–H groups in total. The molecule has 0 fully saturated rings. The highest BCUT2D eigenvalue weighted by molar-refractivity contribution is 7.51. The van der Waals surface area contributed by atoms with Gasteiger partial charge in [-0.25, -0.2) is 4.57 Å². The number of phosphoric ester groups is 1. The molecule has 0 aliphatic carbocycles. The van der Waals surface area contributed by atoms with E-state index in [9.17, 15) is 14.0 Å². The predicted molar refractivity (Wildman–Crippen MR) is 81.0 cm³/mol. The van der Waals surface area contributed by atoms with Gasteiger partial charge in [0.25, 0.3) is 0 Å². The molecule has 9 heteroatoms. The molecule has 1 atom stereocenters. The van der Waals surface area contributed by atoms with Crippen molar-refractivity contribution < 1.29 is 32.9 Å². The SMILES string of the molecule is CC(C)CC(COP(C)(=O)O)(COP(=O)(O)O)CC(C)C. The number of hydrogen-bond donors (Lipinski definition) is 3. The van der Waals surface area contributed by atoms with Gasteiger partial charge in [0.1, 0.15) is 0 Å². The Morgan fingerprint density at radius 1 is 0.905 bits per heavy atom. The molecule has 0 aliphatic heterocycles. The van der Waals surface area contributed by atoms with Gasteiger partial charge in [0, 0.05) is 12.1 Å². The number of hydrogen-bond acceptors (Lipinski definition) is 4. The normalized spacial score (nSPS) is 16.5. The lowest BCUT2D eigenvalue weighted by atomic mass is 9.75. The first-order chi connectivity index (χ1) is 9.25. The van der Waals surface area contributed by atoms with Gasteiger partial charge in [-0.2, -0.15) is 0 Å². The van der Waals surface area contributed by atoms with Gasteiger partial charge in [-0.05, 0) is 24.7 Å². The van der Waals surface area contributed by atoms with Crippen LogP contribution in [0.3, 0.4) is 0 Å². The average Bonchev–Trinajstić information content (AvgIpc) is 2.20. The second-order valence-corrected chi connectivity index (χ2v) is 9.64. The van der Waals surface area contributed by atoms with Crippen molar-refractivity contribution >= 4 is 15.4 Å². The standard InChI is InChI=1S/C12H28O7P2/c1-10(2)6-12(7-11(3)4,8-18-20(5,13)14)9-19-21(15,16)17/h10-11H,6-9H2,1-5H3,(H,13,14)(H2,15,16,17). The van der Waals surface area contributed by atoms with Crippen molar-refractivity contribution in [1.82, 2.24) is 0 Å². The quantitative estimate of drug-likeness (QED) is 0.521. The Labute approximate surface area is 126 Å². The molecule has 1 unspecified atom stereocenters. The minimum absolute atomic E-state index is 0.0758. The van der Waals surface area contributed by atoms with Gasteiger partial charge in [-0.15, -0.1) is 0 Å². The molecule has 0 amide bonds. The number of phosphoric acid groups is 1. The van der Waals surface area contributed by atoms with Gasteiger partial charge >= 0.3 is 15.4 Å². The minimum atomic E-state index is -4.60. The molecule has 0 aliphatic rings. The van der Waals surface area contributed by atoms with Gasteiger partial charge in [-0.1, -0.05) is 27.7 Å². The van der Waals surface area contributed by atoms with Crippen LogP contribution in [0.5, 0.6) is 0 Å². The first-order valence-electron chi connectivity index (χ1n) is 6.89. The lowest BCUT2D eigenvalue weighted by molar-refractivity contribution is 0.0242. The topological polar surface area (TPSA) is 113 Å². The van der Waals surface area contributed by atoms with Gasteiger partial charge < -0.3 is 19.2 Å². The van der Waals surface area contributed by atoms with Crippen molar-refractivity contribution in [1.29, 1.82) is 0 Å². The molecule has 0 aromatic heterocycles. The molecule has 0 saturated heterocycles. The van der Waals surface area contributed by atoms with Crippen molar-refractivity contribution in [2.75, 3.05) is 19.9 Å². The maximum atomic E-state index is 11.4. The van der Waals surface area contributed by atoms with E-state index in [0.29, 0.717) is 12.8 Å². The summed E-state index contributed by atoms with van der Waals surface area (Å²) in [7, 11) is -8.26. The molecule has 0 radical (unpaired) electrons. The van der Waals surface area contributed by atoms with E-state index < -0.39 is 20.8 Å². The molecule has 0 spiro atoms. The highest BCUT2D eigenvalue weighted by Crippen LogP contribution is 2.46. The van der Waals surface area contributed by atoms with Crippen LogP contribution in [0.15, 0.2) is 0 Å². The van der Waals surface area contributed by atoms with Crippen LogP contribution in [0.2, 0.25) is 0 Å². The molecule has 0 heterocycles. The maximum absolute atomic E-state index is 11.4. The van der Waals surface area contributed by atoms with Crippen molar-refractivity contribution in [2.24, 2.45) is 17.3 Å². The van der Waals surface area contributed by atoms with E-state index in [2.05, 4.69) is 4.52 Å². The Balaban J connectivity index is 5.19. The molecule has 0 aromatic carbocycles. The largest absolute Gasteiger partial charge is 0.469 e. The summed E-state index contributed by atoms with van der Waals surface area (Å²) in [4.78, 5) is 27.2. The van der Waals surface area contributed by atoms with E-state index in [1.165, 1.54) is 0 Å². The summed E-state index contributed by atoms with van der Waals surface area (Å²) in [5, 5.41) is 0. The van der Waals surface area contributed by atoms with E-state index in [4.69, 9.17) is 14.3 Å². The Kier molecular flexibility index (Phi) is 8.31.